The largest absolute Gasteiger partial charge is 0.364 e. The fourth-order valence-corrected chi connectivity index (χ4v) is 4.40. The van der Waals surface area contributed by atoms with E-state index in [1.807, 2.05) is 17.0 Å². The smallest absolute Gasteiger partial charge is 0.233 e. The topological polar surface area (TPSA) is 42.4 Å². The zero-order valence-corrected chi connectivity index (χ0v) is 13.6. The second-order valence-corrected chi connectivity index (χ2v) is 7.23. The molecule has 1 saturated heterocycles. The van der Waals surface area contributed by atoms with Crippen LogP contribution < -0.4 is 0 Å². The number of hydrogen-bond donors (Lipinski definition) is 0. The number of aromatic nitrogens is 1. The highest BCUT2D eigenvalue weighted by molar-refractivity contribution is 5.91. The van der Waals surface area contributed by atoms with E-state index in [-0.39, 0.29) is 16.9 Å². The zero-order valence-electron chi connectivity index (χ0n) is 13.6. The molecule has 0 N–H and O–H groups in total. The number of benzene rings is 1. The van der Waals surface area contributed by atoms with E-state index in [2.05, 4.69) is 29.2 Å². The highest BCUT2D eigenvalue weighted by Crippen LogP contribution is 2.51. The number of nitrogens with zero attached hydrogens (tertiary/aromatic N) is 2. The molecular weight excluding hydrogens is 300 g/mol. The summed E-state index contributed by atoms with van der Waals surface area (Å²) >= 11 is 0. The molecule has 3 heterocycles. The van der Waals surface area contributed by atoms with Gasteiger partial charge in [0.2, 0.25) is 5.91 Å². The Kier molecular flexibility index (Phi) is 2.89. The first-order valence-corrected chi connectivity index (χ1v) is 8.66. The maximum atomic E-state index is 13.2. The van der Waals surface area contributed by atoms with Gasteiger partial charge >= 0.3 is 0 Å². The number of amides is 1. The molecule has 4 nitrogen and oxygen atoms in total. The van der Waals surface area contributed by atoms with Crippen LogP contribution in [-0.4, -0.2) is 28.9 Å². The molecule has 0 bridgehead atoms. The number of hydrogen-bond acceptors (Lipinski definition) is 3. The Morgan fingerprint density at radius 2 is 1.88 bits per heavy atom. The van der Waals surface area contributed by atoms with Crippen molar-refractivity contribution >= 4 is 5.91 Å². The number of fused-ring (bicyclic) bond motifs is 2. The molecule has 1 atom stereocenters. The van der Waals surface area contributed by atoms with E-state index in [0.717, 1.165) is 31.4 Å². The van der Waals surface area contributed by atoms with Crippen LogP contribution in [0.2, 0.25) is 0 Å². The lowest BCUT2D eigenvalue weighted by molar-refractivity contribution is -0.134. The summed E-state index contributed by atoms with van der Waals surface area (Å²) in [5.74, 6) is 0.263. The molecule has 2 aromatic rings. The summed E-state index contributed by atoms with van der Waals surface area (Å²) in [6.07, 6.45) is 6.34. The molecule has 5 rings (SSSR count). The van der Waals surface area contributed by atoms with Crippen LogP contribution >= 0.6 is 0 Å². The molecule has 1 amide bonds. The third kappa shape index (κ3) is 1.89. The first-order valence-electron chi connectivity index (χ1n) is 8.66. The van der Waals surface area contributed by atoms with Crippen LogP contribution in [0.15, 0.2) is 48.8 Å². The molecule has 4 heteroatoms. The van der Waals surface area contributed by atoms with E-state index in [0.29, 0.717) is 13.2 Å². The summed E-state index contributed by atoms with van der Waals surface area (Å²) in [5, 5.41) is 0. The van der Waals surface area contributed by atoms with Crippen molar-refractivity contribution in [2.45, 2.75) is 36.9 Å². The summed E-state index contributed by atoms with van der Waals surface area (Å²) < 4.78 is 6.19. The van der Waals surface area contributed by atoms with E-state index in [9.17, 15) is 4.79 Å². The van der Waals surface area contributed by atoms with E-state index in [4.69, 9.17) is 4.74 Å². The molecule has 122 valence electrons. The number of carbonyl (C=O) groups excluding carboxylic acids is 1. The molecule has 0 radical (unpaired) electrons. The number of likely N-dealkylation sites (tertiary alicyclic amines) is 1. The highest BCUT2D eigenvalue weighted by atomic mass is 16.5. The maximum absolute atomic E-state index is 13.2. The predicted octanol–water partition coefficient (Wildman–Crippen LogP) is 2.77. The minimum atomic E-state index is -0.313. The number of carbonyl (C=O) groups is 1. The minimum absolute atomic E-state index is 0.263. The van der Waals surface area contributed by atoms with Crippen LogP contribution in [0, 0.1) is 0 Å². The van der Waals surface area contributed by atoms with Crippen molar-refractivity contribution in [2.75, 3.05) is 13.1 Å². The average Bonchev–Trinajstić information content (AvgIpc) is 3.23. The molecular formula is C20H20N2O2. The number of rotatable bonds is 2. The van der Waals surface area contributed by atoms with Gasteiger partial charge in [0.15, 0.2) is 0 Å². The van der Waals surface area contributed by atoms with Gasteiger partial charge in [-0.05, 0) is 48.1 Å². The summed E-state index contributed by atoms with van der Waals surface area (Å²) in [7, 11) is 0. The lowest BCUT2D eigenvalue weighted by atomic mass is 9.91. The van der Waals surface area contributed by atoms with E-state index in [1.54, 1.807) is 12.4 Å². The van der Waals surface area contributed by atoms with Crippen LogP contribution in [0.3, 0.4) is 0 Å². The van der Waals surface area contributed by atoms with Gasteiger partial charge in [-0.2, -0.15) is 0 Å². The third-order valence-electron chi connectivity index (χ3n) is 5.92. The second kappa shape index (κ2) is 4.90. The van der Waals surface area contributed by atoms with Gasteiger partial charge in [0.1, 0.15) is 5.60 Å². The van der Waals surface area contributed by atoms with Crippen LogP contribution in [0.5, 0.6) is 0 Å². The molecule has 2 fully saturated rings. The van der Waals surface area contributed by atoms with Crippen LogP contribution in [0.4, 0.5) is 0 Å². The molecule has 3 aliphatic rings. The minimum Gasteiger partial charge on any atom is -0.364 e. The Hall–Kier alpha value is -2.20. The normalized spacial score (nSPS) is 26.6. The Labute approximate surface area is 141 Å². The first kappa shape index (κ1) is 14.2. The van der Waals surface area contributed by atoms with Gasteiger partial charge in [-0.15, -0.1) is 0 Å². The van der Waals surface area contributed by atoms with Crippen LogP contribution in [-0.2, 0) is 27.2 Å². The molecule has 1 saturated carbocycles. The number of pyridine rings is 1. The standard InChI is InChI=1S/C20H20N2O2/c23-18(19(7-8-19)16-5-10-21-11-6-16)22-12-9-20(14-22)17-4-2-1-3-15(17)13-24-20/h1-6,10-11H,7-9,12-14H2. The second-order valence-electron chi connectivity index (χ2n) is 7.23. The molecule has 1 aromatic heterocycles. The molecule has 2 aliphatic heterocycles. The fourth-order valence-electron chi connectivity index (χ4n) is 4.40. The van der Waals surface area contributed by atoms with Gasteiger partial charge in [-0.25, -0.2) is 0 Å². The van der Waals surface area contributed by atoms with Crippen LogP contribution in [0.25, 0.3) is 0 Å². The van der Waals surface area contributed by atoms with Crippen molar-refractivity contribution in [1.29, 1.82) is 0 Å². The number of ether oxygens (including phenoxy) is 1. The van der Waals surface area contributed by atoms with E-state index >= 15 is 0 Å². The van der Waals surface area contributed by atoms with Gasteiger partial charge < -0.3 is 9.64 Å². The molecule has 1 aliphatic carbocycles. The average molecular weight is 320 g/mol. The first-order chi connectivity index (χ1) is 11.7. The monoisotopic (exact) mass is 320 g/mol. The van der Waals surface area contributed by atoms with Crippen molar-refractivity contribution in [3.8, 4) is 0 Å². The van der Waals surface area contributed by atoms with Crippen molar-refractivity contribution in [3.05, 3.63) is 65.5 Å². The molecule has 24 heavy (non-hydrogen) atoms. The summed E-state index contributed by atoms with van der Waals surface area (Å²) in [6, 6.07) is 12.4. The van der Waals surface area contributed by atoms with Gasteiger partial charge in [-0.1, -0.05) is 24.3 Å². The predicted molar refractivity (Wildman–Crippen MR) is 89.3 cm³/mol. The summed E-state index contributed by atoms with van der Waals surface area (Å²) in [4.78, 5) is 19.3. The SMILES string of the molecule is O=C(N1CCC2(C1)OCc1ccccc12)C1(c2ccncc2)CC1. The van der Waals surface area contributed by atoms with Crippen molar-refractivity contribution in [2.24, 2.45) is 0 Å². The third-order valence-corrected chi connectivity index (χ3v) is 5.92. The summed E-state index contributed by atoms with van der Waals surface area (Å²) in [5.41, 5.74) is 3.04. The lowest BCUT2D eigenvalue weighted by Gasteiger charge is -2.27. The zero-order chi connectivity index (χ0) is 16.2. The van der Waals surface area contributed by atoms with Crippen molar-refractivity contribution < 1.29 is 9.53 Å². The molecule has 1 aromatic carbocycles. The van der Waals surface area contributed by atoms with E-state index in [1.165, 1.54) is 11.1 Å². The Bertz CT molecular complexity index is 800. The highest BCUT2D eigenvalue weighted by Gasteiger charge is 2.56. The van der Waals surface area contributed by atoms with Gasteiger partial charge in [0.25, 0.3) is 0 Å². The Balaban J connectivity index is 1.42. The Morgan fingerprint density at radius 1 is 1.08 bits per heavy atom. The summed E-state index contributed by atoms with van der Waals surface area (Å²) in [6.45, 7) is 2.11. The fraction of sp³-hybridized carbons (Fsp3) is 0.400. The Morgan fingerprint density at radius 3 is 2.67 bits per heavy atom. The molecule has 1 unspecified atom stereocenters. The quantitative estimate of drug-likeness (QED) is 0.854. The maximum Gasteiger partial charge on any atom is 0.233 e. The van der Waals surface area contributed by atoms with Gasteiger partial charge in [0.05, 0.1) is 18.6 Å². The molecule has 1 spiro atoms. The van der Waals surface area contributed by atoms with Gasteiger partial charge in [-0.3, -0.25) is 9.78 Å². The van der Waals surface area contributed by atoms with Crippen molar-refractivity contribution in [1.82, 2.24) is 9.88 Å². The van der Waals surface area contributed by atoms with E-state index < -0.39 is 0 Å². The van der Waals surface area contributed by atoms with Gasteiger partial charge in [0, 0.05) is 18.9 Å². The van der Waals surface area contributed by atoms with Crippen LogP contribution in [0.1, 0.15) is 36.0 Å². The lowest BCUT2D eigenvalue weighted by Crippen LogP contribution is -2.40. The van der Waals surface area contributed by atoms with Crippen molar-refractivity contribution in [3.63, 3.8) is 0 Å².